The van der Waals surface area contributed by atoms with Crippen LogP contribution >= 0.6 is 15.9 Å². The third-order valence-corrected chi connectivity index (χ3v) is 4.73. The van der Waals surface area contributed by atoms with Crippen LogP contribution in [0.1, 0.15) is 42.7 Å². The SMILES string of the molecule is COc1ccc([C@@H](C)N[C@H](C)C(=O)Nc2cccc(C(C)=O)c2)cc1Br. The highest BCUT2D eigenvalue weighted by Crippen LogP contribution is 2.28. The van der Waals surface area contributed by atoms with E-state index in [1.165, 1.54) is 6.92 Å². The maximum absolute atomic E-state index is 12.4. The van der Waals surface area contributed by atoms with Crippen LogP contribution in [0.4, 0.5) is 5.69 Å². The highest BCUT2D eigenvalue weighted by Gasteiger charge is 2.17. The summed E-state index contributed by atoms with van der Waals surface area (Å²) in [4.78, 5) is 23.9. The van der Waals surface area contributed by atoms with E-state index in [0.717, 1.165) is 15.8 Å². The lowest BCUT2D eigenvalue weighted by molar-refractivity contribution is -0.117. The van der Waals surface area contributed by atoms with Gasteiger partial charge in [-0.3, -0.25) is 14.9 Å². The number of nitrogens with one attached hydrogen (secondary N) is 2. The van der Waals surface area contributed by atoms with Crippen LogP contribution in [-0.4, -0.2) is 24.8 Å². The van der Waals surface area contributed by atoms with Crippen LogP contribution in [0.25, 0.3) is 0 Å². The molecule has 0 saturated carbocycles. The van der Waals surface area contributed by atoms with Crippen molar-refractivity contribution in [1.29, 1.82) is 0 Å². The first-order chi connectivity index (χ1) is 12.3. The predicted octanol–water partition coefficient (Wildman–Crippen LogP) is 4.34. The minimum Gasteiger partial charge on any atom is -0.496 e. The van der Waals surface area contributed by atoms with Gasteiger partial charge < -0.3 is 10.1 Å². The van der Waals surface area contributed by atoms with Crippen LogP contribution in [0.15, 0.2) is 46.9 Å². The van der Waals surface area contributed by atoms with E-state index in [1.807, 2.05) is 25.1 Å². The molecule has 1 amide bonds. The van der Waals surface area contributed by atoms with E-state index in [0.29, 0.717) is 11.3 Å². The topological polar surface area (TPSA) is 67.4 Å². The minimum absolute atomic E-state index is 0.0264. The average molecular weight is 419 g/mol. The Morgan fingerprint density at radius 3 is 2.46 bits per heavy atom. The molecule has 0 radical (unpaired) electrons. The van der Waals surface area contributed by atoms with Gasteiger partial charge in [0.05, 0.1) is 17.6 Å². The number of amides is 1. The lowest BCUT2D eigenvalue weighted by Crippen LogP contribution is -2.39. The smallest absolute Gasteiger partial charge is 0.241 e. The molecule has 0 heterocycles. The summed E-state index contributed by atoms with van der Waals surface area (Å²) >= 11 is 3.47. The number of hydrogen-bond donors (Lipinski definition) is 2. The van der Waals surface area contributed by atoms with Gasteiger partial charge in [0.1, 0.15) is 5.75 Å². The number of hydrogen-bond acceptors (Lipinski definition) is 4. The Morgan fingerprint density at radius 2 is 1.85 bits per heavy atom. The number of methoxy groups -OCH3 is 1. The standard InChI is InChI=1S/C20H23BrN2O3/c1-12(15-8-9-19(26-4)18(21)11-15)22-13(2)20(25)23-17-7-5-6-16(10-17)14(3)24/h5-13,22H,1-4H3,(H,23,25)/t12-,13-/m1/s1. The van der Waals surface area contributed by atoms with E-state index in [-0.39, 0.29) is 17.7 Å². The number of halogens is 1. The maximum Gasteiger partial charge on any atom is 0.241 e. The van der Waals surface area contributed by atoms with Crippen molar-refractivity contribution in [2.24, 2.45) is 0 Å². The lowest BCUT2D eigenvalue weighted by Gasteiger charge is -2.20. The average Bonchev–Trinajstić information content (AvgIpc) is 2.61. The molecule has 0 aromatic heterocycles. The zero-order valence-electron chi connectivity index (χ0n) is 15.3. The fourth-order valence-electron chi connectivity index (χ4n) is 2.57. The summed E-state index contributed by atoms with van der Waals surface area (Å²) in [6.07, 6.45) is 0. The van der Waals surface area contributed by atoms with Crippen molar-refractivity contribution < 1.29 is 14.3 Å². The molecule has 0 unspecified atom stereocenters. The van der Waals surface area contributed by atoms with E-state index in [9.17, 15) is 9.59 Å². The first kappa shape index (κ1) is 20.1. The summed E-state index contributed by atoms with van der Waals surface area (Å²) in [5.41, 5.74) is 2.21. The molecule has 2 N–H and O–H groups in total. The monoisotopic (exact) mass is 418 g/mol. The second-order valence-corrected chi connectivity index (χ2v) is 6.98. The van der Waals surface area contributed by atoms with E-state index < -0.39 is 6.04 Å². The minimum atomic E-state index is -0.410. The molecule has 6 heteroatoms. The summed E-state index contributed by atoms with van der Waals surface area (Å²) in [6.45, 7) is 5.30. The highest BCUT2D eigenvalue weighted by molar-refractivity contribution is 9.10. The van der Waals surface area contributed by atoms with E-state index >= 15 is 0 Å². The molecule has 26 heavy (non-hydrogen) atoms. The Labute approximate surface area is 162 Å². The Bertz CT molecular complexity index is 807. The second-order valence-electron chi connectivity index (χ2n) is 6.13. The van der Waals surface area contributed by atoms with Gasteiger partial charge in [-0.15, -0.1) is 0 Å². The number of Topliss-reactive ketones (excluding diaryl/α,β-unsaturated/α-hetero) is 1. The summed E-state index contributed by atoms with van der Waals surface area (Å²) in [5.74, 6) is 0.563. The van der Waals surface area contributed by atoms with Gasteiger partial charge in [-0.2, -0.15) is 0 Å². The second kappa shape index (κ2) is 8.96. The number of rotatable bonds is 7. The lowest BCUT2D eigenvalue weighted by atomic mass is 10.1. The molecule has 2 aromatic carbocycles. The van der Waals surface area contributed by atoms with Crippen molar-refractivity contribution in [1.82, 2.24) is 5.32 Å². The summed E-state index contributed by atoms with van der Waals surface area (Å²) in [5, 5.41) is 6.12. The molecular formula is C20H23BrN2O3. The van der Waals surface area contributed by atoms with Gasteiger partial charge in [0, 0.05) is 17.3 Å². The molecule has 5 nitrogen and oxygen atoms in total. The van der Waals surface area contributed by atoms with Gasteiger partial charge in [0.15, 0.2) is 5.78 Å². The Morgan fingerprint density at radius 1 is 1.12 bits per heavy atom. The van der Waals surface area contributed by atoms with Crippen LogP contribution in [0.2, 0.25) is 0 Å². The molecule has 2 atom stereocenters. The number of carbonyl (C=O) groups is 2. The Hall–Kier alpha value is -2.18. The van der Waals surface area contributed by atoms with Crippen LogP contribution < -0.4 is 15.4 Å². The van der Waals surface area contributed by atoms with E-state index in [2.05, 4.69) is 26.6 Å². The van der Waals surface area contributed by atoms with Gasteiger partial charge in [-0.05, 0) is 66.5 Å². The van der Waals surface area contributed by atoms with Crippen molar-refractivity contribution in [2.75, 3.05) is 12.4 Å². The van der Waals surface area contributed by atoms with Gasteiger partial charge in [0.25, 0.3) is 0 Å². The molecule has 138 valence electrons. The van der Waals surface area contributed by atoms with Crippen LogP contribution in [-0.2, 0) is 4.79 Å². The first-order valence-corrected chi connectivity index (χ1v) is 9.12. The molecular weight excluding hydrogens is 396 g/mol. The summed E-state index contributed by atoms with van der Waals surface area (Å²) < 4.78 is 6.10. The van der Waals surface area contributed by atoms with E-state index in [4.69, 9.17) is 4.74 Å². The molecule has 0 aliphatic heterocycles. The van der Waals surface area contributed by atoms with Crippen molar-refractivity contribution in [3.05, 3.63) is 58.1 Å². The van der Waals surface area contributed by atoms with Crippen LogP contribution in [0, 0.1) is 0 Å². The number of ether oxygens (including phenoxy) is 1. The van der Waals surface area contributed by atoms with Gasteiger partial charge in [-0.25, -0.2) is 0 Å². The number of ketones is 1. The summed E-state index contributed by atoms with van der Waals surface area (Å²) in [7, 11) is 1.62. The number of anilines is 1. The Balaban J connectivity index is 2.01. The van der Waals surface area contributed by atoms with Gasteiger partial charge in [0.2, 0.25) is 5.91 Å². The zero-order valence-corrected chi connectivity index (χ0v) is 16.9. The molecule has 0 aliphatic rings. The molecule has 2 rings (SSSR count). The van der Waals surface area contributed by atoms with Crippen LogP contribution in [0.3, 0.4) is 0 Å². The third-order valence-electron chi connectivity index (χ3n) is 4.11. The quantitative estimate of drug-likeness (QED) is 0.656. The van der Waals surface area contributed by atoms with E-state index in [1.54, 1.807) is 38.3 Å². The Kier molecular flexibility index (Phi) is 6.94. The molecule has 0 aliphatic carbocycles. The normalized spacial score (nSPS) is 13.0. The molecule has 0 saturated heterocycles. The van der Waals surface area contributed by atoms with Crippen molar-refractivity contribution >= 4 is 33.3 Å². The number of carbonyl (C=O) groups excluding carboxylic acids is 2. The fraction of sp³-hybridized carbons (Fsp3) is 0.300. The summed E-state index contributed by atoms with van der Waals surface area (Å²) in [6, 6.07) is 12.3. The number of benzene rings is 2. The predicted molar refractivity (Wildman–Crippen MR) is 107 cm³/mol. The van der Waals surface area contributed by atoms with Crippen molar-refractivity contribution in [3.8, 4) is 5.75 Å². The van der Waals surface area contributed by atoms with Crippen LogP contribution in [0.5, 0.6) is 5.75 Å². The zero-order chi connectivity index (χ0) is 19.3. The van der Waals surface area contributed by atoms with Gasteiger partial charge >= 0.3 is 0 Å². The molecule has 0 fully saturated rings. The highest BCUT2D eigenvalue weighted by atomic mass is 79.9. The third kappa shape index (κ3) is 5.16. The molecule has 0 bridgehead atoms. The van der Waals surface area contributed by atoms with Crippen molar-refractivity contribution in [3.63, 3.8) is 0 Å². The molecule has 0 spiro atoms. The first-order valence-electron chi connectivity index (χ1n) is 8.33. The van der Waals surface area contributed by atoms with Crippen molar-refractivity contribution in [2.45, 2.75) is 32.9 Å². The fourth-order valence-corrected chi connectivity index (χ4v) is 3.12. The molecule has 2 aromatic rings. The largest absolute Gasteiger partial charge is 0.496 e. The maximum atomic E-state index is 12.4. The van der Waals surface area contributed by atoms with Gasteiger partial charge in [-0.1, -0.05) is 18.2 Å².